The first kappa shape index (κ1) is 15.8. The molecular weight excluding hydrogens is 325 g/mol. The van der Waals surface area contributed by atoms with Crippen molar-refractivity contribution in [2.75, 3.05) is 0 Å². The number of alkyl halides is 3. The lowest BCUT2D eigenvalue weighted by atomic mass is 10.1. The van der Waals surface area contributed by atoms with Crippen LogP contribution in [0.15, 0.2) is 35.5 Å². The Labute approximate surface area is 134 Å². The van der Waals surface area contributed by atoms with Crippen LogP contribution in [0, 0.1) is 13.8 Å². The molecule has 8 heteroatoms. The number of rotatable bonds is 3. The minimum absolute atomic E-state index is 0.157. The van der Waals surface area contributed by atoms with Crippen molar-refractivity contribution in [3.8, 4) is 0 Å². The van der Waals surface area contributed by atoms with Crippen LogP contribution in [-0.2, 0) is 11.9 Å². The first-order chi connectivity index (χ1) is 10.9. The zero-order valence-electron chi connectivity index (χ0n) is 12.4. The van der Waals surface area contributed by atoms with Crippen LogP contribution in [-0.4, -0.2) is 19.6 Å². The van der Waals surface area contributed by atoms with Gasteiger partial charge in [-0.05, 0) is 31.5 Å². The van der Waals surface area contributed by atoms with Crippen molar-refractivity contribution in [2.24, 2.45) is 0 Å². The smallest absolute Gasteiger partial charge is 0.259 e. The Balaban J connectivity index is 1.91. The summed E-state index contributed by atoms with van der Waals surface area (Å²) in [5.74, 6) is 0.609. The molecule has 3 aromatic rings. The van der Waals surface area contributed by atoms with Crippen LogP contribution in [0.1, 0.15) is 22.5 Å². The topological polar surface area (TPSA) is 43.1 Å². The van der Waals surface area contributed by atoms with E-state index in [0.29, 0.717) is 10.9 Å². The standard InChI is InChI=1S/C15H13F3N4S/c1-9-7-10(2)22-13(19-9)20-21-14(22)23-8-11-5-3-4-6-12(11)15(16,17)18/h3-7H,8H2,1-2H3. The number of hydrogen-bond donors (Lipinski definition) is 0. The van der Waals surface area contributed by atoms with Crippen LogP contribution in [0.25, 0.3) is 5.78 Å². The number of benzene rings is 1. The lowest BCUT2D eigenvalue weighted by molar-refractivity contribution is -0.138. The van der Waals surface area contributed by atoms with Crippen LogP contribution in [0.2, 0.25) is 0 Å². The fraction of sp³-hybridized carbons (Fsp3) is 0.267. The molecule has 2 aromatic heterocycles. The highest BCUT2D eigenvalue weighted by Gasteiger charge is 2.32. The molecule has 0 saturated heterocycles. The van der Waals surface area contributed by atoms with Gasteiger partial charge in [0.25, 0.3) is 5.78 Å². The van der Waals surface area contributed by atoms with Crippen molar-refractivity contribution >= 4 is 17.5 Å². The fourth-order valence-corrected chi connectivity index (χ4v) is 3.35. The van der Waals surface area contributed by atoms with Gasteiger partial charge < -0.3 is 0 Å². The van der Waals surface area contributed by atoms with E-state index in [0.717, 1.165) is 17.5 Å². The van der Waals surface area contributed by atoms with Crippen molar-refractivity contribution in [1.29, 1.82) is 0 Å². The monoisotopic (exact) mass is 338 g/mol. The van der Waals surface area contributed by atoms with Gasteiger partial charge in [0.05, 0.1) is 5.56 Å². The van der Waals surface area contributed by atoms with Gasteiger partial charge in [-0.2, -0.15) is 13.2 Å². The van der Waals surface area contributed by atoms with Crippen LogP contribution < -0.4 is 0 Å². The molecule has 0 radical (unpaired) electrons. The molecule has 1 aromatic carbocycles. The molecular formula is C15H13F3N4S. The highest BCUT2D eigenvalue weighted by atomic mass is 32.2. The molecule has 2 heterocycles. The number of thioether (sulfide) groups is 1. The van der Waals surface area contributed by atoms with Gasteiger partial charge in [0.15, 0.2) is 5.16 Å². The van der Waals surface area contributed by atoms with E-state index in [9.17, 15) is 13.2 Å². The van der Waals surface area contributed by atoms with Crippen LogP contribution in [0.4, 0.5) is 13.2 Å². The Morgan fingerprint density at radius 2 is 1.87 bits per heavy atom. The van der Waals surface area contributed by atoms with Crippen LogP contribution in [0.3, 0.4) is 0 Å². The van der Waals surface area contributed by atoms with Gasteiger partial charge in [0.2, 0.25) is 0 Å². The van der Waals surface area contributed by atoms with E-state index in [1.165, 1.54) is 23.9 Å². The molecule has 120 valence electrons. The Bertz CT molecular complexity index is 858. The first-order valence-corrected chi connectivity index (χ1v) is 7.82. The van der Waals surface area contributed by atoms with Crippen molar-refractivity contribution < 1.29 is 13.2 Å². The summed E-state index contributed by atoms with van der Waals surface area (Å²) >= 11 is 1.21. The minimum atomic E-state index is -4.36. The third kappa shape index (κ3) is 3.17. The molecule has 23 heavy (non-hydrogen) atoms. The highest BCUT2D eigenvalue weighted by molar-refractivity contribution is 7.98. The molecule has 0 spiro atoms. The van der Waals surface area contributed by atoms with E-state index in [2.05, 4.69) is 15.2 Å². The van der Waals surface area contributed by atoms with Gasteiger partial charge in [0, 0.05) is 17.1 Å². The van der Waals surface area contributed by atoms with Crippen LogP contribution in [0.5, 0.6) is 0 Å². The van der Waals surface area contributed by atoms with E-state index in [4.69, 9.17) is 0 Å². The minimum Gasteiger partial charge on any atom is -0.259 e. The lowest BCUT2D eigenvalue weighted by Gasteiger charge is -2.12. The van der Waals surface area contributed by atoms with E-state index in [-0.39, 0.29) is 11.3 Å². The Kier molecular flexibility index (Phi) is 4.01. The summed E-state index contributed by atoms with van der Waals surface area (Å²) in [6, 6.07) is 7.44. The Hall–Kier alpha value is -2.09. The second-order valence-corrected chi connectivity index (χ2v) is 6.04. The average molecular weight is 338 g/mol. The van der Waals surface area contributed by atoms with Crippen molar-refractivity contribution in [1.82, 2.24) is 19.6 Å². The predicted molar refractivity (Wildman–Crippen MR) is 81.3 cm³/mol. The zero-order chi connectivity index (χ0) is 16.6. The van der Waals surface area contributed by atoms with E-state index in [1.807, 2.05) is 19.9 Å². The first-order valence-electron chi connectivity index (χ1n) is 6.83. The molecule has 0 saturated carbocycles. The van der Waals surface area contributed by atoms with E-state index >= 15 is 0 Å². The number of halogens is 3. The second kappa shape index (κ2) is 5.84. The highest BCUT2D eigenvalue weighted by Crippen LogP contribution is 2.34. The number of aryl methyl sites for hydroxylation is 2. The van der Waals surface area contributed by atoms with Gasteiger partial charge >= 0.3 is 6.18 Å². The lowest BCUT2D eigenvalue weighted by Crippen LogP contribution is -2.08. The molecule has 0 aliphatic heterocycles. The molecule has 0 N–H and O–H groups in total. The average Bonchev–Trinajstić information content (AvgIpc) is 2.87. The number of nitrogens with zero attached hydrogens (tertiary/aromatic N) is 4. The van der Waals surface area contributed by atoms with Gasteiger partial charge in [-0.1, -0.05) is 30.0 Å². The second-order valence-electron chi connectivity index (χ2n) is 5.10. The number of fused-ring (bicyclic) bond motifs is 1. The number of hydrogen-bond acceptors (Lipinski definition) is 4. The maximum atomic E-state index is 13.0. The largest absolute Gasteiger partial charge is 0.416 e. The van der Waals surface area contributed by atoms with Crippen molar-refractivity contribution in [3.63, 3.8) is 0 Å². The summed E-state index contributed by atoms with van der Waals surface area (Å²) in [4.78, 5) is 4.26. The maximum Gasteiger partial charge on any atom is 0.416 e. The van der Waals surface area contributed by atoms with Gasteiger partial charge in [-0.15, -0.1) is 10.2 Å². The molecule has 0 amide bonds. The van der Waals surface area contributed by atoms with Crippen LogP contribution >= 0.6 is 11.8 Å². The summed E-state index contributed by atoms with van der Waals surface area (Å²) in [6.45, 7) is 3.74. The van der Waals surface area contributed by atoms with Gasteiger partial charge in [-0.3, -0.25) is 4.40 Å². The molecule has 0 unspecified atom stereocenters. The molecule has 0 aliphatic carbocycles. The summed E-state index contributed by atoms with van der Waals surface area (Å²) < 4.78 is 40.8. The van der Waals surface area contributed by atoms with Gasteiger partial charge in [-0.25, -0.2) is 4.98 Å². The molecule has 0 fully saturated rings. The maximum absolute atomic E-state index is 13.0. The molecule has 0 bridgehead atoms. The van der Waals surface area contributed by atoms with E-state index in [1.54, 1.807) is 10.5 Å². The molecule has 3 rings (SSSR count). The molecule has 0 aliphatic rings. The quantitative estimate of drug-likeness (QED) is 0.676. The normalized spacial score (nSPS) is 12.0. The summed E-state index contributed by atoms with van der Waals surface area (Å²) in [5.41, 5.74) is 1.32. The SMILES string of the molecule is Cc1cc(C)n2c(SCc3ccccc3C(F)(F)F)nnc2n1. The third-order valence-corrected chi connectivity index (χ3v) is 4.32. The van der Waals surface area contributed by atoms with E-state index < -0.39 is 11.7 Å². The van der Waals surface area contributed by atoms with Crippen molar-refractivity contribution in [3.05, 3.63) is 52.8 Å². The molecule has 4 nitrogen and oxygen atoms in total. The zero-order valence-corrected chi connectivity index (χ0v) is 13.2. The van der Waals surface area contributed by atoms with Crippen molar-refractivity contribution in [2.45, 2.75) is 30.9 Å². The fourth-order valence-electron chi connectivity index (χ4n) is 2.36. The third-order valence-electron chi connectivity index (χ3n) is 3.34. The summed E-state index contributed by atoms with van der Waals surface area (Å²) in [5, 5.41) is 8.55. The number of aromatic nitrogens is 4. The van der Waals surface area contributed by atoms with Gasteiger partial charge in [0.1, 0.15) is 0 Å². The predicted octanol–water partition coefficient (Wildman–Crippen LogP) is 4.05. The Morgan fingerprint density at radius 1 is 1.13 bits per heavy atom. The molecule has 0 atom stereocenters. The summed E-state index contributed by atoms with van der Waals surface area (Å²) in [7, 11) is 0. The Morgan fingerprint density at radius 3 is 2.61 bits per heavy atom. The summed E-state index contributed by atoms with van der Waals surface area (Å²) in [6.07, 6.45) is -4.36.